The lowest BCUT2D eigenvalue weighted by Gasteiger charge is -2.11. The molecule has 1 rings (SSSR count). The second-order valence-corrected chi connectivity index (χ2v) is 4.68. The predicted molar refractivity (Wildman–Crippen MR) is 72.3 cm³/mol. The molecule has 5 heteroatoms. The third kappa shape index (κ3) is 4.96. The molecule has 0 bridgehead atoms. The first-order chi connectivity index (χ1) is 8.65. The summed E-state index contributed by atoms with van der Waals surface area (Å²) >= 11 is 3.41. The number of rotatable bonds is 8. The minimum Gasteiger partial charge on any atom is -0.493 e. The number of hydrogen-bond donors (Lipinski definition) is 1. The molecule has 1 aromatic carbocycles. The van der Waals surface area contributed by atoms with E-state index in [0.717, 1.165) is 17.3 Å². The fraction of sp³-hybridized carbons (Fsp3) is 0.462. The zero-order valence-corrected chi connectivity index (χ0v) is 11.9. The van der Waals surface area contributed by atoms with Gasteiger partial charge in [0.2, 0.25) is 0 Å². The summed E-state index contributed by atoms with van der Waals surface area (Å²) in [5, 5.41) is 8.50. The molecule has 18 heavy (non-hydrogen) atoms. The minimum absolute atomic E-state index is 0.221. The summed E-state index contributed by atoms with van der Waals surface area (Å²) in [6.07, 6.45) is 2.58. The average molecular weight is 317 g/mol. The highest BCUT2D eigenvalue weighted by Crippen LogP contribution is 2.34. The van der Waals surface area contributed by atoms with E-state index in [9.17, 15) is 4.79 Å². The van der Waals surface area contributed by atoms with Crippen molar-refractivity contribution < 1.29 is 19.4 Å². The fourth-order valence-corrected chi connectivity index (χ4v) is 1.98. The van der Waals surface area contributed by atoms with Crippen molar-refractivity contribution in [1.82, 2.24) is 0 Å². The first kappa shape index (κ1) is 14.8. The predicted octanol–water partition coefficient (Wildman–Crippen LogP) is 3.48. The van der Waals surface area contributed by atoms with Gasteiger partial charge in [-0.05, 0) is 47.3 Å². The highest BCUT2D eigenvalue weighted by atomic mass is 79.9. The van der Waals surface area contributed by atoms with Crippen molar-refractivity contribution in [1.29, 1.82) is 0 Å². The lowest BCUT2D eigenvalue weighted by molar-refractivity contribution is -0.137. The van der Waals surface area contributed by atoms with Crippen molar-refractivity contribution in [3.63, 3.8) is 0 Å². The molecule has 1 aromatic rings. The summed E-state index contributed by atoms with van der Waals surface area (Å²) in [6, 6.07) is 5.61. The van der Waals surface area contributed by atoms with Gasteiger partial charge in [-0.15, -0.1) is 0 Å². The van der Waals surface area contributed by atoms with Crippen LogP contribution < -0.4 is 9.47 Å². The number of carboxylic acids is 1. The van der Waals surface area contributed by atoms with E-state index in [0.29, 0.717) is 24.5 Å². The van der Waals surface area contributed by atoms with E-state index in [1.807, 2.05) is 18.2 Å². The van der Waals surface area contributed by atoms with E-state index in [-0.39, 0.29) is 6.42 Å². The van der Waals surface area contributed by atoms with Gasteiger partial charge in [-0.2, -0.15) is 0 Å². The van der Waals surface area contributed by atoms with E-state index in [2.05, 4.69) is 15.9 Å². The van der Waals surface area contributed by atoms with Crippen molar-refractivity contribution >= 4 is 21.9 Å². The number of carboxylic acid groups (broad SMARTS) is 1. The molecule has 0 heterocycles. The number of methoxy groups -OCH3 is 1. The summed E-state index contributed by atoms with van der Waals surface area (Å²) in [5.74, 6) is 0.636. The Morgan fingerprint density at radius 2 is 2.11 bits per heavy atom. The van der Waals surface area contributed by atoms with Crippen molar-refractivity contribution in [2.75, 3.05) is 13.7 Å². The Hall–Kier alpha value is -1.23. The van der Waals surface area contributed by atoms with Crippen LogP contribution in [-0.2, 0) is 4.79 Å². The average Bonchev–Trinajstić information content (AvgIpc) is 2.34. The van der Waals surface area contributed by atoms with Gasteiger partial charge in [0, 0.05) is 6.42 Å². The van der Waals surface area contributed by atoms with E-state index >= 15 is 0 Å². The Morgan fingerprint density at radius 3 is 2.78 bits per heavy atom. The van der Waals surface area contributed by atoms with Crippen LogP contribution in [0.15, 0.2) is 22.7 Å². The van der Waals surface area contributed by atoms with Crippen LogP contribution >= 0.6 is 15.9 Å². The van der Waals surface area contributed by atoms with Gasteiger partial charge in [0.25, 0.3) is 0 Å². The maximum Gasteiger partial charge on any atom is 0.303 e. The normalized spacial score (nSPS) is 10.1. The molecule has 4 nitrogen and oxygen atoms in total. The fourth-order valence-electron chi connectivity index (χ4n) is 1.52. The lowest BCUT2D eigenvalue weighted by Crippen LogP contribution is -2.01. The molecular formula is C13H17BrO4. The number of para-hydroxylation sites is 1. The molecule has 0 aliphatic heterocycles. The number of halogens is 1. The molecule has 100 valence electrons. The molecule has 0 aliphatic rings. The van der Waals surface area contributed by atoms with Crippen LogP contribution in [0.2, 0.25) is 0 Å². The summed E-state index contributed by atoms with van der Waals surface area (Å²) in [6.45, 7) is 0.554. The Bertz CT molecular complexity index is 393. The van der Waals surface area contributed by atoms with Gasteiger partial charge in [-0.25, -0.2) is 0 Å². The second kappa shape index (κ2) is 7.97. The lowest BCUT2D eigenvalue weighted by atomic mass is 10.2. The molecule has 0 saturated heterocycles. The van der Waals surface area contributed by atoms with Crippen LogP contribution in [0.3, 0.4) is 0 Å². The topological polar surface area (TPSA) is 55.8 Å². The SMILES string of the molecule is COc1cccc(Br)c1OCCCCCC(=O)O. The smallest absolute Gasteiger partial charge is 0.303 e. The molecule has 0 unspecified atom stereocenters. The zero-order valence-electron chi connectivity index (χ0n) is 10.3. The zero-order chi connectivity index (χ0) is 13.4. The first-order valence-corrected chi connectivity index (χ1v) is 6.61. The van der Waals surface area contributed by atoms with Crippen molar-refractivity contribution in [3.8, 4) is 11.5 Å². The second-order valence-electron chi connectivity index (χ2n) is 3.82. The molecule has 0 spiro atoms. The van der Waals surface area contributed by atoms with Crippen molar-refractivity contribution in [2.45, 2.75) is 25.7 Å². The van der Waals surface area contributed by atoms with E-state index in [1.165, 1.54) is 0 Å². The van der Waals surface area contributed by atoms with E-state index < -0.39 is 5.97 Å². The number of ether oxygens (including phenoxy) is 2. The summed E-state index contributed by atoms with van der Waals surface area (Å²) in [7, 11) is 1.60. The van der Waals surface area contributed by atoms with Crippen LogP contribution in [0.4, 0.5) is 0 Å². The van der Waals surface area contributed by atoms with Gasteiger partial charge >= 0.3 is 5.97 Å². The largest absolute Gasteiger partial charge is 0.493 e. The van der Waals surface area contributed by atoms with Crippen LogP contribution in [0.25, 0.3) is 0 Å². The highest BCUT2D eigenvalue weighted by Gasteiger charge is 2.07. The molecule has 0 atom stereocenters. The minimum atomic E-state index is -0.747. The van der Waals surface area contributed by atoms with Crippen LogP contribution in [0, 0.1) is 0 Å². The van der Waals surface area contributed by atoms with Crippen LogP contribution in [0.1, 0.15) is 25.7 Å². The Morgan fingerprint density at radius 1 is 1.33 bits per heavy atom. The molecule has 0 amide bonds. The van der Waals surface area contributed by atoms with Gasteiger partial charge in [0.1, 0.15) is 0 Å². The molecule has 0 aliphatic carbocycles. The van der Waals surface area contributed by atoms with Crippen LogP contribution in [-0.4, -0.2) is 24.8 Å². The van der Waals surface area contributed by atoms with Crippen molar-refractivity contribution in [3.05, 3.63) is 22.7 Å². The summed E-state index contributed by atoms with van der Waals surface area (Å²) < 4.78 is 11.7. The number of carbonyl (C=O) groups is 1. The highest BCUT2D eigenvalue weighted by molar-refractivity contribution is 9.10. The number of benzene rings is 1. The Kier molecular flexibility index (Phi) is 6.57. The quantitative estimate of drug-likeness (QED) is 0.746. The maximum atomic E-state index is 10.3. The Labute approximate surface area is 115 Å². The molecule has 1 N–H and O–H groups in total. The standard InChI is InChI=1S/C13H17BrO4/c1-17-11-7-5-6-10(14)13(11)18-9-4-2-3-8-12(15)16/h5-7H,2-4,8-9H2,1H3,(H,15,16). The van der Waals surface area contributed by atoms with E-state index in [4.69, 9.17) is 14.6 Å². The molecule has 0 saturated carbocycles. The number of aliphatic carboxylic acids is 1. The van der Waals surface area contributed by atoms with Gasteiger partial charge in [-0.1, -0.05) is 6.07 Å². The molecular weight excluding hydrogens is 300 g/mol. The summed E-state index contributed by atoms with van der Waals surface area (Å²) in [4.78, 5) is 10.3. The van der Waals surface area contributed by atoms with Crippen LogP contribution in [0.5, 0.6) is 11.5 Å². The third-order valence-electron chi connectivity index (χ3n) is 2.43. The Balaban J connectivity index is 2.33. The van der Waals surface area contributed by atoms with Gasteiger partial charge in [0.15, 0.2) is 11.5 Å². The first-order valence-electron chi connectivity index (χ1n) is 5.82. The third-order valence-corrected chi connectivity index (χ3v) is 3.06. The maximum absolute atomic E-state index is 10.3. The number of hydrogen-bond acceptors (Lipinski definition) is 3. The molecule has 0 radical (unpaired) electrons. The number of unbranched alkanes of at least 4 members (excludes halogenated alkanes) is 2. The van der Waals surface area contributed by atoms with Gasteiger partial charge in [0.05, 0.1) is 18.2 Å². The van der Waals surface area contributed by atoms with Gasteiger partial charge in [-0.3, -0.25) is 4.79 Å². The van der Waals surface area contributed by atoms with Crippen molar-refractivity contribution in [2.24, 2.45) is 0 Å². The molecule has 0 fully saturated rings. The molecule has 0 aromatic heterocycles. The van der Waals surface area contributed by atoms with Gasteiger partial charge < -0.3 is 14.6 Å². The summed E-state index contributed by atoms with van der Waals surface area (Å²) in [5.41, 5.74) is 0. The van der Waals surface area contributed by atoms with E-state index in [1.54, 1.807) is 7.11 Å². The monoisotopic (exact) mass is 316 g/mol.